The lowest BCUT2D eigenvalue weighted by atomic mass is 10.1. The molecule has 1 N–H and O–H groups in total. The van der Waals surface area contributed by atoms with Crippen molar-refractivity contribution in [1.82, 2.24) is 4.98 Å². The number of anilines is 2. The molecule has 0 saturated heterocycles. The van der Waals surface area contributed by atoms with Gasteiger partial charge in [-0.15, -0.1) is 0 Å². The summed E-state index contributed by atoms with van der Waals surface area (Å²) < 4.78 is 32.5. The first-order valence-electron chi connectivity index (χ1n) is 9.25. The smallest absolute Gasteiger partial charge is 0.238 e. The SMILES string of the molecule is Cc1ccc(Nc2oc(-c3ccc(C)cc3)nc2S(=O)(=O)c2ccc(Cl)cc2)cc1. The van der Waals surface area contributed by atoms with Crippen molar-refractivity contribution < 1.29 is 12.8 Å². The number of aryl methyl sites for hydroxylation is 2. The van der Waals surface area contributed by atoms with Gasteiger partial charge in [0.25, 0.3) is 0 Å². The predicted octanol–water partition coefficient (Wildman–Crippen LogP) is 6.19. The van der Waals surface area contributed by atoms with E-state index in [0.29, 0.717) is 16.3 Å². The third-order valence-corrected chi connectivity index (χ3v) is 6.51. The van der Waals surface area contributed by atoms with Gasteiger partial charge >= 0.3 is 0 Å². The Morgan fingerprint density at radius 3 is 2.00 bits per heavy atom. The van der Waals surface area contributed by atoms with Crippen LogP contribution in [0.5, 0.6) is 0 Å². The second-order valence-corrected chi connectivity index (χ2v) is 9.27. The normalized spacial score (nSPS) is 11.4. The number of oxazole rings is 1. The lowest BCUT2D eigenvalue weighted by Gasteiger charge is -2.06. The lowest BCUT2D eigenvalue weighted by Crippen LogP contribution is -2.05. The lowest BCUT2D eigenvalue weighted by molar-refractivity contribution is 0.582. The molecule has 0 spiro atoms. The van der Waals surface area contributed by atoms with Gasteiger partial charge in [0.15, 0.2) is 0 Å². The summed E-state index contributed by atoms with van der Waals surface area (Å²) in [5.74, 6) is 0.279. The van der Waals surface area contributed by atoms with Gasteiger partial charge in [0.1, 0.15) is 0 Å². The maximum atomic E-state index is 13.3. The van der Waals surface area contributed by atoms with Crippen LogP contribution >= 0.6 is 11.6 Å². The van der Waals surface area contributed by atoms with Crippen LogP contribution in [-0.4, -0.2) is 13.4 Å². The third-order valence-electron chi connectivity index (χ3n) is 4.58. The van der Waals surface area contributed by atoms with E-state index in [-0.39, 0.29) is 21.7 Å². The number of hydrogen-bond donors (Lipinski definition) is 1. The molecular formula is C23H19ClN2O3S. The van der Waals surface area contributed by atoms with E-state index in [9.17, 15) is 8.42 Å². The Hall–Kier alpha value is -3.09. The number of aromatic nitrogens is 1. The molecule has 7 heteroatoms. The zero-order valence-corrected chi connectivity index (χ0v) is 18.0. The Labute approximate surface area is 180 Å². The molecule has 4 aromatic rings. The average molecular weight is 439 g/mol. The van der Waals surface area contributed by atoms with Crippen molar-refractivity contribution in [2.45, 2.75) is 23.8 Å². The second-order valence-electron chi connectivity index (χ2n) is 6.97. The van der Waals surface area contributed by atoms with Crippen LogP contribution in [0.2, 0.25) is 5.02 Å². The van der Waals surface area contributed by atoms with Crippen LogP contribution in [0, 0.1) is 13.8 Å². The number of benzene rings is 3. The van der Waals surface area contributed by atoms with E-state index in [2.05, 4.69) is 10.3 Å². The molecule has 0 bridgehead atoms. The third kappa shape index (κ3) is 4.10. The quantitative estimate of drug-likeness (QED) is 0.402. The van der Waals surface area contributed by atoms with Crippen molar-refractivity contribution in [3.8, 4) is 11.5 Å². The highest BCUT2D eigenvalue weighted by atomic mass is 35.5. The van der Waals surface area contributed by atoms with Crippen LogP contribution in [0.25, 0.3) is 11.5 Å². The van der Waals surface area contributed by atoms with E-state index in [0.717, 1.165) is 11.1 Å². The number of nitrogens with one attached hydrogen (secondary N) is 1. The highest BCUT2D eigenvalue weighted by molar-refractivity contribution is 7.91. The standard InChI is InChI=1S/C23H19ClN2O3S/c1-15-3-7-17(8-4-15)21-26-23(30(27,28)20-13-9-18(24)10-14-20)22(29-21)25-19-11-5-16(2)6-12-19/h3-14,25H,1-2H3. The minimum absolute atomic E-state index is 0.0596. The predicted molar refractivity (Wildman–Crippen MR) is 118 cm³/mol. The second kappa shape index (κ2) is 7.97. The summed E-state index contributed by atoms with van der Waals surface area (Å²) in [5.41, 5.74) is 3.55. The first-order chi connectivity index (χ1) is 14.3. The van der Waals surface area contributed by atoms with E-state index in [1.807, 2.05) is 62.4 Å². The van der Waals surface area contributed by atoms with E-state index in [1.54, 1.807) is 0 Å². The largest absolute Gasteiger partial charge is 0.419 e. The van der Waals surface area contributed by atoms with Gasteiger partial charge in [-0.3, -0.25) is 0 Å². The summed E-state index contributed by atoms with van der Waals surface area (Å²) in [6.07, 6.45) is 0. The average Bonchev–Trinajstić information content (AvgIpc) is 3.15. The summed E-state index contributed by atoms with van der Waals surface area (Å²) in [7, 11) is -3.94. The molecule has 0 unspecified atom stereocenters. The maximum absolute atomic E-state index is 13.3. The minimum atomic E-state index is -3.94. The van der Waals surface area contributed by atoms with Crippen molar-refractivity contribution in [2.75, 3.05) is 5.32 Å². The fraction of sp³-hybridized carbons (Fsp3) is 0.0870. The molecule has 0 saturated carbocycles. The molecule has 0 aliphatic rings. The first kappa shape index (κ1) is 20.2. The number of nitrogens with zero attached hydrogens (tertiary/aromatic N) is 1. The fourth-order valence-corrected chi connectivity index (χ4v) is 4.26. The molecule has 0 atom stereocenters. The van der Waals surface area contributed by atoms with E-state index >= 15 is 0 Å². The zero-order valence-electron chi connectivity index (χ0n) is 16.4. The Morgan fingerprint density at radius 1 is 0.833 bits per heavy atom. The monoisotopic (exact) mass is 438 g/mol. The number of sulfone groups is 1. The zero-order chi connectivity index (χ0) is 21.3. The van der Waals surface area contributed by atoms with Crippen molar-refractivity contribution in [3.05, 3.63) is 88.9 Å². The number of rotatable bonds is 5. The highest BCUT2D eigenvalue weighted by Gasteiger charge is 2.28. The molecular weight excluding hydrogens is 420 g/mol. The Balaban J connectivity index is 1.83. The van der Waals surface area contributed by atoms with Gasteiger partial charge < -0.3 is 9.73 Å². The fourth-order valence-electron chi connectivity index (χ4n) is 2.88. The Morgan fingerprint density at radius 2 is 1.40 bits per heavy atom. The van der Waals surface area contributed by atoms with Gasteiger partial charge in [0.05, 0.1) is 4.90 Å². The summed E-state index contributed by atoms with van der Waals surface area (Å²) in [4.78, 5) is 4.43. The molecule has 1 aromatic heterocycles. The molecule has 5 nitrogen and oxygen atoms in total. The summed E-state index contributed by atoms with van der Waals surface area (Å²) in [5, 5.41) is 3.33. The van der Waals surface area contributed by atoms with E-state index in [1.165, 1.54) is 24.3 Å². The van der Waals surface area contributed by atoms with Crippen LogP contribution < -0.4 is 5.32 Å². The molecule has 1 heterocycles. The van der Waals surface area contributed by atoms with Gasteiger partial charge in [-0.1, -0.05) is 47.0 Å². The molecule has 3 aromatic carbocycles. The molecule has 0 aliphatic heterocycles. The van der Waals surface area contributed by atoms with Crippen molar-refractivity contribution in [2.24, 2.45) is 0 Å². The molecule has 0 aliphatic carbocycles. The van der Waals surface area contributed by atoms with Gasteiger partial charge in [0.2, 0.25) is 26.6 Å². The molecule has 0 fully saturated rings. The minimum Gasteiger partial charge on any atom is -0.419 e. The van der Waals surface area contributed by atoms with Gasteiger partial charge in [0, 0.05) is 16.3 Å². The molecule has 0 amide bonds. The van der Waals surface area contributed by atoms with Crippen LogP contribution in [0.3, 0.4) is 0 Å². The Kier molecular flexibility index (Phi) is 5.37. The van der Waals surface area contributed by atoms with Gasteiger partial charge in [-0.2, -0.15) is 4.98 Å². The molecule has 0 radical (unpaired) electrons. The van der Waals surface area contributed by atoms with Crippen LogP contribution in [0.15, 0.2) is 87.1 Å². The van der Waals surface area contributed by atoms with Crippen molar-refractivity contribution >= 4 is 33.0 Å². The first-order valence-corrected chi connectivity index (χ1v) is 11.1. The van der Waals surface area contributed by atoms with E-state index in [4.69, 9.17) is 16.0 Å². The van der Waals surface area contributed by atoms with Crippen molar-refractivity contribution in [1.29, 1.82) is 0 Å². The summed E-state index contributed by atoms with van der Waals surface area (Å²) in [6.45, 7) is 3.95. The van der Waals surface area contributed by atoms with E-state index < -0.39 is 9.84 Å². The summed E-state index contributed by atoms with van der Waals surface area (Å²) >= 11 is 5.91. The van der Waals surface area contributed by atoms with Crippen LogP contribution in [-0.2, 0) is 9.84 Å². The number of halogens is 1. The Bertz CT molecular complexity index is 1280. The van der Waals surface area contributed by atoms with Crippen molar-refractivity contribution in [3.63, 3.8) is 0 Å². The topological polar surface area (TPSA) is 72.2 Å². The number of hydrogen-bond acceptors (Lipinski definition) is 5. The molecule has 30 heavy (non-hydrogen) atoms. The summed E-state index contributed by atoms with van der Waals surface area (Å²) in [6, 6.07) is 21.0. The van der Waals surface area contributed by atoms with Gasteiger partial charge in [-0.05, 0) is 62.4 Å². The molecule has 152 valence electrons. The van der Waals surface area contributed by atoms with Gasteiger partial charge in [-0.25, -0.2) is 8.42 Å². The highest BCUT2D eigenvalue weighted by Crippen LogP contribution is 2.34. The van der Waals surface area contributed by atoms with Crippen LogP contribution in [0.1, 0.15) is 11.1 Å². The maximum Gasteiger partial charge on any atom is 0.238 e. The molecule has 4 rings (SSSR count). The van der Waals surface area contributed by atoms with Crippen LogP contribution in [0.4, 0.5) is 11.6 Å².